The fraction of sp³-hybridized carbons (Fsp3) is 0.778. The van der Waals surface area contributed by atoms with Crippen molar-refractivity contribution in [1.29, 1.82) is 0 Å². The predicted molar refractivity (Wildman–Crippen MR) is 56.4 cm³/mol. The summed E-state index contributed by atoms with van der Waals surface area (Å²) >= 11 is 0. The molecule has 0 radical (unpaired) electrons. The summed E-state index contributed by atoms with van der Waals surface area (Å²) in [5, 5.41) is 4.01. The smallest absolute Gasteiger partial charge is 0.138 e. The van der Waals surface area contributed by atoms with E-state index in [4.69, 9.17) is 15.3 Å². The third-order valence-electron chi connectivity index (χ3n) is 2.71. The molecular formula is C9H17N5O2. The van der Waals surface area contributed by atoms with Crippen molar-refractivity contribution in [1.82, 2.24) is 20.2 Å². The molecule has 2 heterocycles. The first-order valence-electron chi connectivity index (χ1n) is 5.29. The Morgan fingerprint density at radius 2 is 2.56 bits per heavy atom. The second-order valence-electron chi connectivity index (χ2n) is 3.76. The van der Waals surface area contributed by atoms with Crippen LogP contribution in [0.3, 0.4) is 0 Å². The van der Waals surface area contributed by atoms with E-state index in [0.29, 0.717) is 26.2 Å². The topological polar surface area (TPSA) is 87.2 Å². The molecule has 2 atom stereocenters. The Balaban J connectivity index is 1.97. The lowest BCUT2D eigenvalue weighted by atomic mass is 10.1. The zero-order chi connectivity index (χ0) is 11.4. The molecule has 1 aromatic heterocycles. The highest BCUT2D eigenvalue weighted by Gasteiger charge is 2.25. The lowest BCUT2D eigenvalue weighted by Gasteiger charge is -2.29. The summed E-state index contributed by atoms with van der Waals surface area (Å²) in [6.07, 6.45) is 2.16. The molecule has 7 nitrogen and oxygen atoms in total. The Kier molecular flexibility index (Phi) is 3.83. The van der Waals surface area contributed by atoms with E-state index in [9.17, 15) is 0 Å². The van der Waals surface area contributed by atoms with Crippen LogP contribution in [0.4, 0.5) is 0 Å². The third-order valence-corrected chi connectivity index (χ3v) is 2.71. The number of ether oxygens (including phenoxy) is 2. The number of hydrogen-bond acceptors (Lipinski definition) is 6. The molecule has 1 aromatic rings. The minimum Gasteiger partial charge on any atom is -0.376 e. The van der Waals surface area contributed by atoms with Crippen molar-refractivity contribution in [2.75, 3.05) is 19.8 Å². The molecule has 1 aliphatic heterocycles. The van der Waals surface area contributed by atoms with Crippen LogP contribution in [0.15, 0.2) is 6.33 Å². The molecule has 0 spiro atoms. The molecule has 0 saturated carbocycles. The highest BCUT2D eigenvalue weighted by Crippen LogP contribution is 2.09. The van der Waals surface area contributed by atoms with Crippen molar-refractivity contribution in [3.05, 3.63) is 12.2 Å². The SMILES string of the molecule is Cn1ncnc1CC(NN)C1COCCO1. The Bertz CT molecular complexity index is 323. The molecule has 1 saturated heterocycles. The van der Waals surface area contributed by atoms with Crippen LogP contribution in [0.5, 0.6) is 0 Å². The molecule has 0 aromatic carbocycles. The first kappa shape index (κ1) is 11.5. The van der Waals surface area contributed by atoms with Gasteiger partial charge < -0.3 is 9.47 Å². The standard InChI is InChI=1S/C9H17N5O2/c1-14-9(11-6-12-14)4-7(13-10)8-5-15-2-3-16-8/h6-8,13H,2-5,10H2,1H3. The van der Waals surface area contributed by atoms with Gasteiger partial charge in [-0.25, -0.2) is 4.98 Å². The van der Waals surface area contributed by atoms with Gasteiger partial charge in [-0.2, -0.15) is 5.10 Å². The van der Waals surface area contributed by atoms with Crippen molar-refractivity contribution >= 4 is 0 Å². The summed E-state index contributed by atoms with van der Waals surface area (Å²) in [7, 11) is 1.86. The van der Waals surface area contributed by atoms with Gasteiger partial charge in [0.1, 0.15) is 12.2 Å². The molecule has 7 heteroatoms. The number of hydrazine groups is 1. The monoisotopic (exact) mass is 227 g/mol. The van der Waals surface area contributed by atoms with Crippen LogP contribution in [-0.2, 0) is 22.9 Å². The first-order valence-corrected chi connectivity index (χ1v) is 5.29. The molecule has 1 aliphatic rings. The van der Waals surface area contributed by atoms with E-state index in [1.54, 1.807) is 4.68 Å². The van der Waals surface area contributed by atoms with Gasteiger partial charge in [-0.3, -0.25) is 16.0 Å². The molecular weight excluding hydrogens is 210 g/mol. The van der Waals surface area contributed by atoms with Gasteiger partial charge in [0.15, 0.2) is 0 Å². The lowest BCUT2D eigenvalue weighted by Crippen LogP contribution is -2.50. The molecule has 3 N–H and O–H groups in total. The van der Waals surface area contributed by atoms with E-state index in [1.165, 1.54) is 6.33 Å². The number of aromatic nitrogens is 3. The second-order valence-corrected chi connectivity index (χ2v) is 3.76. The predicted octanol–water partition coefficient (Wildman–Crippen LogP) is -1.40. The maximum absolute atomic E-state index is 5.59. The third kappa shape index (κ3) is 2.56. The quantitative estimate of drug-likeness (QED) is 0.486. The highest BCUT2D eigenvalue weighted by molar-refractivity contribution is 4.92. The van der Waals surface area contributed by atoms with Gasteiger partial charge in [0.2, 0.25) is 0 Å². The van der Waals surface area contributed by atoms with E-state index in [0.717, 1.165) is 5.82 Å². The minimum atomic E-state index is -0.0320. The number of hydrogen-bond donors (Lipinski definition) is 2. The van der Waals surface area contributed by atoms with Crippen LogP contribution in [-0.4, -0.2) is 46.7 Å². The molecule has 90 valence electrons. The number of nitrogens with one attached hydrogen (secondary N) is 1. The summed E-state index contributed by atoms with van der Waals surface area (Å²) in [5.74, 6) is 6.40. The van der Waals surface area contributed by atoms with Crippen LogP contribution in [0.25, 0.3) is 0 Å². The Morgan fingerprint density at radius 1 is 1.69 bits per heavy atom. The molecule has 0 aliphatic carbocycles. The molecule has 0 bridgehead atoms. The average molecular weight is 227 g/mol. The van der Waals surface area contributed by atoms with Crippen LogP contribution in [0.1, 0.15) is 5.82 Å². The van der Waals surface area contributed by atoms with Crippen molar-refractivity contribution in [2.24, 2.45) is 12.9 Å². The Labute approximate surface area is 93.9 Å². The van der Waals surface area contributed by atoms with Crippen molar-refractivity contribution in [3.63, 3.8) is 0 Å². The van der Waals surface area contributed by atoms with Gasteiger partial charge in [-0.05, 0) is 0 Å². The van der Waals surface area contributed by atoms with E-state index in [-0.39, 0.29) is 12.1 Å². The van der Waals surface area contributed by atoms with Crippen LogP contribution in [0.2, 0.25) is 0 Å². The normalized spacial score (nSPS) is 23.2. The molecule has 0 amide bonds. The zero-order valence-corrected chi connectivity index (χ0v) is 9.30. The van der Waals surface area contributed by atoms with Gasteiger partial charge >= 0.3 is 0 Å². The zero-order valence-electron chi connectivity index (χ0n) is 9.30. The number of nitrogens with zero attached hydrogens (tertiary/aromatic N) is 3. The fourth-order valence-electron chi connectivity index (χ4n) is 1.74. The van der Waals surface area contributed by atoms with Gasteiger partial charge in [0.05, 0.1) is 32.0 Å². The van der Waals surface area contributed by atoms with Crippen molar-refractivity contribution in [3.8, 4) is 0 Å². The van der Waals surface area contributed by atoms with Crippen LogP contribution >= 0.6 is 0 Å². The second kappa shape index (κ2) is 5.35. The van der Waals surface area contributed by atoms with Crippen molar-refractivity contribution < 1.29 is 9.47 Å². The highest BCUT2D eigenvalue weighted by atomic mass is 16.6. The minimum absolute atomic E-state index is 0.0109. The van der Waals surface area contributed by atoms with Gasteiger partial charge in [0, 0.05) is 13.5 Å². The first-order chi connectivity index (χ1) is 7.81. The number of aryl methyl sites for hydroxylation is 1. The number of nitrogens with two attached hydrogens (primary N) is 1. The van der Waals surface area contributed by atoms with E-state index < -0.39 is 0 Å². The van der Waals surface area contributed by atoms with Gasteiger partial charge in [-0.1, -0.05) is 0 Å². The molecule has 2 rings (SSSR count). The largest absolute Gasteiger partial charge is 0.376 e. The van der Waals surface area contributed by atoms with Crippen LogP contribution < -0.4 is 11.3 Å². The molecule has 16 heavy (non-hydrogen) atoms. The van der Waals surface area contributed by atoms with E-state index in [1.807, 2.05) is 7.05 Å². The Hall–Kier alpha value is -1.02. The maximum atomic E-state index is 5.59. The molecule has 1 fully saturated rings. The summed E-state index contributed by atoms with van der Waals surface area (Å²) in [4.78, 5) is 4.16. The number of rotatable bonds is 4. The van der Waals surface area contributed by atoms with E-state index in [2.05, 4.69) is 15.5 Å². The average Bonchev–Trinajstić information content (AvgIpc) is 2.73. The summed E-state index contributed by atoms with van der Waals surface area (Å²) in [6, 6.07) is -0.0109. The Morgan fingerprint density at radius 3 is 3.12 bits per heavy atom. The lowest BCUT2D eigenvalue weighted by molar-refractivity contribution is -0.101. The van der Waals surface area contributed by atoms with Gasteiger partial charge in [-0.15, -0.1) is 0 Å². The molecule has 2 unspecified atom stereocenters. The van der Waals surface area contributed by atoms with Crippen LogP contribution in [0, 0.1) is 0 Å². The van der Waals surface area contributed by atoms with E-state index >= 15 is 0 Å². The van der Waals surface area contributed by atoms with Gasteiger partial charge in [0.25, 0.3) is 0 Å². The van der Waals surface area contributed by atoms with Crippen molar-refractivity contribution in [2.45, 2.75) is 18.6 Å². The summed E-state index contributed by atoms with van der Waals surface area (Å²) in [6.45, 7) is 1.83. The fourth-order valence-corrected chi connectivity index (χ4v) is 1.74. The maximum Gasteiger partial charge on any atom is 0.138 e. The summed E-state index contributed by atoms with van der Waals surface area (Å²) < 4.78 is 12.7. The summed E-state index contributed by atoms with van der Waals surface area (Å²) in [5.41, 5.74) is 2.75.